The molecule has 0 fully saturated rings. The highest BCUT2D eigenvalue weighted by molar-refractivity contribution is 5.97. The van der Waals surface area contributed by atoms with E-state index in [4.69, 9.17) is 4.74 Å². The quantitative estimate of drug-likeness (QED) is 0.837. The van der Waals surface area contributed by atoms with Crippen molar-refractivity contribution in [2.75, 3.05) is 13.7 Å². The second-order valence-electron chi connectivity index (χ2n) is 5.56. The largest absolute Gasteiger partial charge is 0.496 e. The molecule has 3 heteroatoms. The first kappa shape index (κ1) is 15.4. The molecule has 112 valence electrons. The van der Waals surface area contributed by atoms with Crippen molar-refractivity contribution in [3.05, 3.63) is 53.6 Å². The SMILES string of the molecule is C=C(C)[C@@H]1CC=C(CNC(=O)c2ccccc2OC)CC1. The van der Waals surface area contributed by atoms with Crippen molar-refractivity contribution < 1.29 is 9.53 Å². The van der Waals surface area contributed by atoms with E-state index in [1.54, 1.807) is 19.2 Å². The summed E-state index contributed by atoms with van der Waals surface area (Å²) in [5.74, 6) is 1.11. The highest BCUT2D eigenvalue weighted by atomic mass is 16.5. The van der Waals surface area contributed by atoms with Gasteiger partial charge in [-0.1, -0.05) is 35.9 Å². The van der Waals surface area contributed by atoms with E-state index in [1.807, 2.05) is 12.1 Å². The zero-order valence-corrected chi connectivity index (χ0v) is 12.8. The van der Waals surface area contributed by atoms with Crippen LogP contribution in [0.3, 0.4) is 0 Å². The summed E-state index contributed by atoms with van der Waals surface area (Å²) in [7, 11) is 1.58. The number of para-hydroxylation sites is 1. The molecule has 21 heavy (non-hydrogen) atoms. The maximum Gasteiger partial charge on any atom is 0.255 e. The van der Waals surface area contributed by atoms with Crippen molar-refractivity contribution >= 4 is 5.91 Å². The maximum absolute atomic E-state index is 12.2. The lowest BCUT2D eigenvalue weighted by molar-refractivity contribution is 0.0953. The van der Waals surface area contributed by atoms with Gasteiger partial charge in [-0.15, -0.1) is 0 Å². The van der Waals surface area contributed by atoms with Crippen LogP contribution in [-0.4, -0.2) is 19.6 Å². The normalized spacial score (nSPS) is 17.8. The van der Waals surface area contributed by atoms with Crippen LogP contribution in [0.25, 0.3) is 0 Å². The summed E-state index contributed by atoms with van der Waals surface area (Å²) in [6.07, 6.45) is 5.44. The molecule has 0 bridgehead atoms. The van der Waals surface area contributed by atoms with Crippen molar-refractivity contribution in [1.82, 2.24) is 5.32 Å². The fourth-order valence-corrected chi connectivity index (χ4v) is 2.62. The number of ether oxygens (including phenoxy) is 1. The summed E-state index contributed by atoms with van der Waals surface area (Å²) in [4.78, 5) is 12.2. The molecule has 1 aromatic carbocycles. The van der Waals surface area contributed by atoms with Crippen molar-refractivity contribution in [2.24, 2.45) is 5.92 Å². The van der Waals surface area contributed by atoms with Gasteiger partial charge in [0.25, 0.3) is 5.91 Å². The molecule has 0 heterocycles. The number of methoxy groups -OCH3 is 1. The van der Waals surface area contributed by atoms with Gasteiger partial charge in [-0.2, -0.15) is 0 Å². The Morgan fingerprint density at radius 3 is 2.81 bits per heavy atom. The second kappa shape index (κ2) is 7.11. The Morgan fingerprint density at radius 2 is 2.19 bits per heavy atom. The first-order valence-electron chi connectivity index (χ1n) is 7.36. The molecule has 2 rings (SSSR count). The average Bonchev–Trinajstić information content (AvgIpc) is 2.52. The Labute approximate surface area is 126 Å². The van der Waals surface area contributed by atoms with Crippen LogP contribution in [0.5, 0.6) is 5.75 Å². The number of allylic oxidation sites excluding steroid dienone is 2. The lowest BCUT2D eigenvalue weighted by Crippen LogP contribution is -2.27. The van der Waals surface area contributed by atoms with Gasteiger partial charge in [0.2, 0.25) is 0 Å². The lowest BCUT2D eigenvalue weighted by Gasteiger charge is -2.22. The van der Waals surface area contributed by atoms with Gasteiger partial charge in [-0.05, 0) is 44.2 Å². The third-order valence-corrected chi connectivity index (χ3v) is 4.03. The van der Waals surface area contributed by atoms with Crippen LogP contribution in [0.2, 0.25) is 0 Å². The van der Waals surface area contributed by atoms with Crippen LogP contribution < -0.4 is 10.1 Å². The van der Waals surface area contributed by atoms with Crippen molar-refractivity contribution in [2.45, 2.75) is 26.2 Å². The molecular weight excluding hydrogens is 262 g/mol. The molecule has 0 aromatic heterocycles. The minimum atomic E-state index is -0.0876. The van der Waals surface area contributed by atoms with Gasteiger partial charge >= 0.3 is 0 Å². The van der Waals surface area contributed by atoms with E-state index in [1.165, 1.54) is 11.1 Å². The van der Waals surface area contributed by atoms with Gasteiger partial charge < -0.3 is 10.1 Å². The zero-order valence-electron chi connectivity index (χ0n) is 12.8. The number of hydrogen-bond acceptors (Lipinski definition) is 2. The first-order chi connectivity index (χ1) is 10.1. The standard InChI is InChI=1S/C18H23NO2/c1-13(2)15-10-8-14(9-11-15)12-19-18(20)16-6-4-5-7-17(16)21-3/h4-8,15H,1,9-12H2,2-3H3,(H,19,20)/t15-/m1/s1. The number of nitrogens with one attached hydrogen (secondary N) is 1. The topological polar surface area (TPSA) is 38.3 Å². The number of hydrogen-bond donors (Lipinski definition) is 1. The third kappa shape index (κ3) is 3.97. The lowest BCUT2D eigenvalue weighted by atomic mass is 9.85. The fraction of sp³-hybridized carbons (Fsp3) is 0.389. The monoisotopic (exact) mass is 285 g/mol. The number of carbonyl (C=O) groups excluding carboxylic acids is 1. The van der Waals surface area contributed by atoms with E-state index in [0.717, 1.165) is 19.3 Å². The van der Waals surface area contributed by atoms with E-state index < -0.39 is 0 Å². The Hall–Kier alpha value is -2.03. The Balaban J connectivity index is 1.92. The summed E-state index contributed by atoms with van der Waals surface area (Å²) in [5, 5.41) is 2.98. The predicted octanol–water partition coefficient (Wildman–Crippen LogP) is 3.73. The van der Waals surface area contributed by atoms with Crippen LogP contribution in [0.1, 0.15) is 36.5 Å². The summed E-state index contributed by atoms with van der Waals surface area (Å²) >= 11 is 0. The molecule has 0 saturated heterocycles. The fourth-order valence-electron chi connectivity index (χ4n) is 2.62. The van der Waals surface area contributed by atoms with E-state index in [9.17, 15) is 4.79 Å². The number of amides is 1. The van der Waals surface area contributed by atoms with Crippen LogP contribution in [-0.2, 0) is 0 Å². The Morgan fingerprint density at radius 1 is 1.43 bits per heavy atom. The smallest absolute Gasteiger partial charge is 0.255 e. The van der Waals surface area contributed by atoms with Gasteiger partial charge in [0.05, 0.1) is 12.7 Å². The van der Waals surface area contributed by atoms with Gasteiger partial charge in [0.1, 0.15) is 5.75 Å². The van der Waals surface area contributed by atoms with E-state index in [-0.39, 0.29) is 5.91 Å². The van der Waals surface area contributed by atoms with Gasteiger partial charge in [0.15, 0.2) is 0 Å². The molecule has 1 N–H and O–H groups in total. The molecule has 0 unspecified atom stereocenters. The second-order valence-corrected chi connectivity index (χ2v) is 5.56. The molecule has 0 spiro atoms. The predicted molar refractivity (Wildman–Crippen MR) is 85.6 cm³/mol. The molecule has 1 aliphatic rings. The molecule has 0 aliphatic heterocycles. The molecule has 0 radical (unpaired) electrons. The molecule has 1 aromatic rings. The molecule has 1 aliphatic carbocycles. The molecule has 1 atom stereocenters. The minimum Gasteiger partial charge on any atom is -0.496 e. The van der Waals surface area contributed by atoms with Crippen molar-refractivity contribution in [1.29, 1.82) is 0 Å². The highest BCUT2D eigenvalue weighted by Crippen LogP contribution is 2.27. The van der Waals surface area contributed by atoms with Crippen molar-refractivity contribution in [3.8, 4) is 5.75 Å². The number of carbonyl (C=O) groups is 1. The number of benzene rings is 1. The van der Waals surface area contributed by atoms with E-state index in [0.29, 0.717) is 23.8 Å². The summed E-state index contributed by atoms with van der Waals surface area (Å²) in [5.41, 5.74) is 3.13. The summed E-state index contributed by atoms with van der Waals surface area (Å²) in [6.45, 7) is 6.73. The van der Waals surface area contributed by atoms with Gasteiger partial charge in [-0.3, -0.25) is 4.79 Å². The molecular formula is C18H23NO2. The molecule has 0 saturated carbocycles. The minimum absolute atomic E-state index is 0.0876. The number of rotatable bonds is 5. The van der Waals surface area contributed by atoms with Gasteiger partial charge in [-0.25, -0.2) is 0 Å². The Bertz CT molecular complexity index is 560. The van der Waals surface area contributed by atoms with Crippen molar-refractivity contribution in [3.63, 3.8) is 0 Å². The summed E-state index contributed by atoms with van der Waals surface area (Å²) in [6, 6.07) is 7.28. The summed E-state index contributed by atoms with van der Waals surface area (Å²) < 4.78 is 5.21. The maximum atomic E-state index is 12.2. The van der Waals surface area contributed by atoms with E-state index in [2.05, 4.69) is 24.9 Å². The molecule has 3 nitrogen and oxygen atoms in total. The zero-order chi connectivity index (χ0) is 15.2. The highest BCUT2D eigenvalue weighted by Gasteiger charge is 2.16. The Kier molecular flexibility index (Phi) is 5.20. The van der Waals surface area contributed by atoms with Crippen LogP contribution in [0.15, 0.2) is 48.1 Å². The van der Waals surface area contributed by atoms with Crippen LogP contribution in [0, 0.1) is 5.92 Å². The third-order valence-electron chi connectivity index (χ3n) is 4.03. The first-order valence-corrected chi connectivity index (χ1v) is 7.36. The van der Waals surface area contributed by atoms with Gasteiger partial charge in [0, 0.05) is 6.54 Å². The van der Waals surface area contributed by atoms with Crippen LogP contribution >= 0.6 is 0 Å². The average molecular weight is 285 g/mol. The molecule has 1 amide bonds. The van der Waals surface area contributed by atoms with Crippen LogP contribution in [0.4, 0.5) is 0 Å². The van der Waals surface area contributed by atoms with E-state index >= 15 is 0 Å².